The lowest BCUT2D eigenvalue weighted by molar-refractivity contribution is -0.0197. The minimum atomic E-state index is -0.737. The molecule has 9 nitrogen and oxygen atoms in total. The van der Waals surface area contributed by atoms with Crippen molar-refractivity contribution >= 4 is 34.1 Å². The summed E-state index contributed by atoms with van der Waals surface area (Å²) in [5.41, 5.74) is 3.62. The van der Waals surface area contributed by atoms with E-state index in [9.17, 15) is 5.11 Å². The lowest BCUT2D eigenvalue weighted by Crippen LogP contribution is -2.41. The minimum absolute atomic E-state index is 0.374. The van der Waals surface area contributed by atoms with Gasteiger partial charge in [0.15, 0.2) is 5.60 Å². The van der Waals surface area contributed by atoms with Crippen molar-refractivity contribution < 1.29 is 14.6 Å². The Morgan fingerprint density at radius 1 is 1.00 bits per heavy atom. The highest BCUT2D eigenvalue weighted by Crippen LogP contribution is 2.31. The zero-order valence-corrected chi connectivity index (χ0v) is 20.6. The molecule has 3 heterocycles. The van der Waals surface area contributed by atoms with Gasteiger partial charge in [0.25, 0.3) is 6.02 Å². The molecule has 36 heavy (non-hydrogen) atoms. The Balaban J connectivity index is 1.35. The zero-order chi connectivity index (χ0) is 25.3. The second-order valence-electron chi connectivity index (χ2n) is 9.13. The molecular formula is C27H28N6O3. The normalized spacial score (nSPS) is 17.9. The minimum Gasteiger partial charge on any atom is -0.455 e. The van der Waals surface area contributed by atoms with Gasteiger partial charge in [0.1, 0.15) is 23.6 Å². The topological polar surface area (TPSA) is 114 Å². The molecule has 3 N–H and O–H groups in total. The van der Waals surface area contributed by atoms with Crippen LogP contribution in [-0.2, 0) is 4.74 Å². The molecule has 0 aliphatic carbocycles. The third-order valence-corrected chi connectivity index (χ3v) is 6.19. The Bertz CT molecular complexity index is 1440. The number of benzene rings is 2. The van der Waals surface area contributed by atoms with Gasteiger partial charge in [-0.3, -0.25) is 4.98 Å². The number of anilines is 3. The van der Waals surface area contributed by atoms with Crippen LogP contribution in [-0.4, -0.2) is 44.3 Å². The van der Waals surface area contributed by atoms with Gasteiger partial charge < -0.3 is 25.2 Å². The number of aryl methyl sites for hydroxylation is 2. The molecule has 0 saturated carbocycles. The van der Waals surface area contributed by atoms with Crippen LogP contribution in [0.2, 0.25) is 0 Å². The zero-order valence-electron chi connectivity index (χ0n) is 20.6. The van der Waals surface area contributed by atoms with Crippen molar-refractivity contribution in [2.45, 2.75) is 39.4 Å². The SMILES string of the molecule is Cc1ccc(Oc2ccc(Nc3ncnc4ccc(NC5=NC[C@@](C)(C(C)O)O5)cc34)cc2C)cn1. The van der Waals surface area contributed by atoms with Crippen LogP contribution in [0.5, 0.6) is 11.5 Å². The Labute approximate surface area is 209 Å². The number of aliphatic hydroxyl groups excluding tert-OH is 1. The Morgan fingerprint density at radius 3 is 2.53 bits per heavy atom. The van der Waals surface area contributed by atoms with Crippen molar-refractivity contribution in [2.24, 2.45) is 4.99 Å². The van der Waals surface area contributed by atoms with E-state index in [2.05, 4.69) is 30.6 Å². The lowest BCUT2D eigenvalue weighted by atomic mass is 10.0. The van der Waals surface area contributed by atoms with E-state index in [1.54, 1.807) is 13.1 Å². The fourth-order valence-corrected chi connectivity index (χ4v) is 3.77. The van der Waals surface area contributed by atoms with E-state index < -0.39 is 11.7 Å². The fraction of sp³-hybridized carbons (Fsp3) is 0.259. The van der Waals surface area contributed by atoms with Crippen molar-refractivity contribution in [2.75, 3.05) is 17.2 Å². The summed E-state index contributed by atoms with van der Waals surface area (Å²) in [6.07, 6.45) is 2.60. The molecule has 0 amide bonds. The molecule has 0 spiro atoms. The van der Waals surface area contributed by atoms with Gasteiger partial charge in [0.05, 0.1) is 24.4 Å². The van der Waals surface area contributed by atoms with Crippen LogP contribution in [0.15, 0.2) is 66.0 Å². The second-order valence-corrected chi connectivity index (χ2v) is 9.13. The van der Waals surface area contributed by atoms with Gasteiger partial charge in [-0.05, 0) is 81.8 Å². The third kappa shape index (κ3) is 4.92. The molecule has 1 aliphatic heterocycles. The molecule has 0 fully saturated rings. The quantitative estimate of drug-likeness (QED) is 0.346. The fourth-order valence-electron chi connectivity index (χ4n) is 3.77. The van der Waals surface area contributed by atoms with Crippen LogP contribution in [0.1, 0.15) is 25.1 Å². The van der Waals surface area contributed by atoms with E-state index >= 15 is 0 Å². The molecule has 0 bridgehead atoms. The number of hydrogen-bond acceptors (Lipinski definition) is 9. The predicted octanol–water partition coefficient (Wildman–Crippen LogP) is 5.12. The molecular weight excluding hydrogens is 456 g/mol. The maximum Gasteiger partial charge on any atom is 0.290 e. The Morgan fingerprint density at radius 2 is 1.81 bits per heavy atom. The first-order valence-electron chi connectivity index (χ1n) is 11.7. The average Bonchev–Trinajstić information content (AvgIpc) is 3.24. The van der Waals surface area contributed by atoms with Crippen molar-refractivity contribution in [3.8, 4) is 11.5 Å². The standard InChI is InChI=1S/C27H28N6O3/c1-16-11-19(7-10-24(16)35-21-8-5-17(2)28-13-21)32-25-22-12-20(6-9-23(22)30-15-31-25)33-26-29-14-27(4,36-26)18(3)34/h5-13,15,18,34H,14H2,1-4H3,(H,29,33)(H,30,31,32)/t18?,27-/m0/s1. The van der Waals surface area contributed by atoms with Crippen molar-refractivity contribution in [3.05, 3.63) is 72.3 Å². The summed E-state index contributed by atoms with van der Waals surface area (Å²) in [6, 6.07) is 15.8. The number of pyridine rings is 1. The third-order valence-electron chi connectivity index (χ3n) is 6.19. The van der Waals surface area contributed by atoms with Gasteiger partial charge in [-0.15, -0.1) is 0 Å². The number of nitrogens with one attached hydrogen (secondary N) is 2. The summed E-state index contributed by atoms with van der Waals surface area (Å²) in [5.74, 6) is 2.12. The number of aliphatic hydroxyl groups is 1. The van der Waals surface area contributed by atoms with Gasteiger partial charge in [0, 0.05) is 22.5 Å². The molecule has 2 aromatic carbocycles. The van der Waals surface area contributed by atoms with Crippen molar-refractivity contribution in [1.82, 2.24) is 15.0 Å². The Hall–Kier alpha value is -4.24. The number of rotatable bonds is 6. The molecule has 1 unspecified atom stereocenters. The van der Waals surface area contributed by atoms with E-state index in [-0.39, 0.29) is 0 Å². The molecule has 184 valence electrons. The first-order valence-corrected chi connectivity index (χ1v) is 11.7. The lowest BCUT2D eigenvalue weighted by Gasteiger charge is -2.26. The first kappa shape index (κ1) is 23.5. The van der Waals surface area contributed by atoms with Crippen molar-refractivity contribution in [3.63, 3.8) is 0 Å². The predicted molar refractivity (Wildman–Crippen MR) is 140 cm³/mol. The van der Waals surface area contributed by atoms with E-state index in [0.717, 1.165) is 39.3 Å². The second kappa shape index (κ2) is 9.43. The number of amidine groups is 1. The number of fused-ring (bicyclic) bond motifs is 1. The maximum absolute atomic E-state index is 9.97. The molecule has 5 rings (SSSR count). The van der Waals surface area contributed by atoms with Gasteiger partial charge in [-0.2, -0.15) is 0 Å². The smallest absolute Gasteiger partial charge is 0.290 e. The van der Waals surface area contributed by atoms with E-state index in [0.29, 0.717) is 24.1 Å². The van der Waals surface area contributed by atoms with Gasteiger partial charge in [0.2, 0.25) is 0 Å². The van der Waals surface area contributed by atoms with Crippen LogP contribution >= 0.6 is 0 Å². The molecule has 2 aromatic heterocycles. The van der Waals surface area contributed by atoms with Crippen LogP contribution in [0.4, 0.5) is 17.2 Å². The average molecular weight is 485 g/mol. The summed E-state index contributed by atoms with van der Waals surface area (Å²) in [7, 11) is 0. The molecule has 4 aromatic rings. The van der Waals surface area contributed by atoms with Gasteiger partial charge in [-0.1, -0.05) is 0 Å². The summed E-state index contributed by atoms with van der Waals surface area (Å²) in [5, 5.41) is 17.4. The number of ether oxygens (including phenoxy) is 2. The number of aromatic nitrogens is 3. The summed E-state index contributed by atoms with van der Waals surface area (Å²) in [4.78, 5) is 17.5. The summed E-state index contributed by atoms with van der Waals surface area (Å²) >= 11 is 0. The number of hydrogen-bond donors (Lipinski definition) is 3. The van der Waals surface area contributed by atoms with E-state index in [1.165, 1.54) is 6.33 Å². The van der Waals surface area contributed by atoms with Crippen LogP contribution in [0.25, 0.3) is 10.9 Å². The monoisotopic (exact) mass is 484 g/mol. The highest BCUT2D eigenvalue weighted by atomic mass is 16.5. The molecule has 9 heteroatoms. The highest BCUT2D eigenvalue weighted by Gasteiger charge is 2.38. The molecule has 0 saturated heterocycles. The van der Waals surface area contributed by atoms with Crippen LogP contribution in [0.3, 0.4) is 0 Å². The first-order chi connectivity index (χ1) is 17.3. The maximum atomic E-state index is 9.97. The van der Waals surface area contributed by atoms with Gasteiger partial charge in [-0.25, -0.2) is 15.0 Å². The Kier molecular flexibility index (Phi) is 6.15. The molecule has 2 atom stereocenters. The number of nitrogens with zero attached hydrogens (tertiary/aromatic N) is 4. The van der Waals surface area contributed by atoms with Crippen molar-refractivity contribution in [1.29, 1.82) is 0 Å². The van der Waals surface area contributed by atoms with E-state index in [1.807, 2.05) is 69.3 Å². The largest absolute Gasteiger partial charge is 0.455 e. The molecule has 1 aliphatic rings. The van der Waals surface area contributed by atoms with Gasteiger partial charge >= 0.3 is 0 Å². The van der Waals surface area contributed by atoms with E-state index in [4.69, 9.17) is 9.47 Å². The highest BCUT2D eigenvalue weighted by molar-refractivity contribution is 5.97. The summed E-state index contributed by atoms with van der Waals surface area (Å²) in [6.45, 7) is 7.85. The summed E-state index contributed by atoms with van der Waals surface area (Å²) < 4.78 is 11.8. The van der Waals surface area contributed by atoms with Crippen LogP contribution in [0, 0.1) is 13.8 Å². The number of aliphatic imine (C=N–C) groups is 1. The molecule has 0 radical (unpaired) electrons. The van der Waals surface area contributed by atoms with Crippen LogP contribution < -0.4 is 15.4 Å².